The summed E-state index contributed by atoms with van der Waals surface area (Å²) in [4.78, 5) is 24.1. The summed E-state index contributed by atoms with van der Waals surface area (Å²) in [6.07, 6.45) is 1.56. The summed E-state index contributed by atoms with van der Waals surface area (Å²) < 4.78 is 0. The van der Waals surface area contributed by atoms with Crippen LogP contribution in [0.3, 0.4) is 0 Å². The van der Waals surface area contributed by atoms with Crippen LogP contribution in [0.25, 0.3) is 0 Å². The topological polar surface area (TPSA) is 63.5 Å². The Kier molecular flexibility index (Phi) is 3.83. The van der Waals surface area contributed by atoms with Crippen molar-refractivity contribution < 1.29 is 9.72 Å². The predicted molar refractivity (Wildman–Crippen MR) is 73.5 cm³/mol. The van der Waals surface area contributed by atoms with E-state index in [-0.39, 0.29) is 22.3 Å². The van der Waals surface area contributed by atoms with E-state index in [1.54, 1.807) is 13.0 Å². The van der Waals surface area contributed by atoms with E-state index in [0.717, 1.165) is 18.4 Å². The predicted octanol–water partition coefficient (Wildman–Crippen LogP) is 2.71. The number of rotatable bonds is 3. The summed E-state index contributed by atoms with van der Waals surface area (Å²) in [5.74, 6) is 0.332. The molecule has 0 spiro atoms. The lowest BCUT2D eigenvalue weighted by Crippen LogP contribution is -2.36. The molecular weight excluding hydrogens is 244 g/mol. The molecule has 0 aromatic heterocycles. The van der Waals surface area contributed by atoms with E-state index in [2.05, 4.69) is 0 Å². The molecule has 1 aromatic carbocycles. The number of ketones is 1. The van der Waals surface area contributed by atoms with Crippen LogP contribution in [0, 0.1) is 23.0 Å². The van der Waals surface area contributed by atoms with E-state index >= 15 is 0 Å². The molecular formula is C14H18N2O3. The molecule has 19 heavy (non-hydrogen) atoms. The van der Waals surface area contributed by atoms with Gasteiger partial charge < -0.3 is 4.90 Å². The van der Waals surface area contributed by atoms with Crippen molar-refractivity contribution in [2.45, 2.75) is 26.7 Å². The Morgan fingerprint density at radius 1 is 1.37 bits per heavy atom. The van der Waals surface area contributed by atoms with Crippen molar-refractivity contribution in [3.05, 3.63) is 33.9 Å². The van der Waals surface area contributed by atoms with E-state index < -0.39 is 0 Å². The van der Waals surface area contributed by atoms with Crippen LogP contribution in [0.2, 0.25) is 0 Å². The van der Waals surface area contributed by atoms with Crippen molar-refractivity contribution in [2.75, 3.05) is 18.0 Å². The molecule has 0 saturated carbocycles. The van der Waals surface area contributed by atoms with Crippen molar-refractivity contribution in [2.24, 2.45) is 5.92 Å². The number of aryl methyl sites for hydroxylation is 1. The van der Waals surface area contributed by atoms with Gasteiger partial charge in [-0.3, -0.25) is 14.9 Å². The number of nitro groups is 1. The molecule has 5 heteroatoms. The minimum atomic E-state index is -0.334. The maximum Gasteiger partial charge on any atom is 0.292 e. The fourth-order valence-corrected chi connectivity index (χ4v) is 2.57. The van der Waals surface area contributed by atoms with Gasteiger partial charge in [0, 0.05) is 25.1 Å². The van der Waals surface area contributed by atoms with Crippen molar-refractivity contribution in [3.63, 3.8) is 0 Å². The van der Waals surface area contributed by atoms with Crippen molar-refractivity contribution in [1.29, 1.82) is 0 Å². The van der Waals surface area contributed by atoms with Crippen LogP contribution >= 0.6 is 0 Å². The van der Waals surface area contributed by atoms with Crippen molar-refractivity contribution >= 4 is 17.2 Å². The number of nitro benzene ring substituents is 1. The molecule has 1 aliphatic rings. The fraction of sp³-hybridized carbons (Fsp3) is 0.500. The number of anilines is 1. The van der Waals surface area contributed by atoms with Crippen LogP contribution in [0.15, 0.2) is 18.2 Å². The van der Waals surface area contributed by atoms with Crippen LogP contribution in [0.5, 0.6) is 0 Å². The van der Waals surface area contributed by atoms with Gasteiger partial charge in [0.15, 0.2) is 0 Å². The molecule has 0 aliphatic carbocycles. The SMILES string of the molecule is CC(=O)C1CCN(c2ccc(C)cc2[N+](=O)[O-])CC1. The van der Waals surface area contributed by atoms with Gasteiger partial charge in [0.05, 0.1) is 4.92 Å². The quantitative estimate of drug-likeness (QED) is 0.620. The third-order valence-corrected chi connectivity index (χ3v) is 3.74. The molecule has 0 N–H and O–H groups in total. The third kappa shape index (κ3) is 2.92. The molecule has 1 heterocycles. The number of hydrogen-bond donors (Lipinski definition) is 0. The Morgan fingerprint density at radius 3 is 2.53 bits per heavy atom. The first-order valence-electron chi connectivity index (χ1n) is 6.49. The Hall–Kier alpha value is -1.91. The number of piperidine rings is 1. The van der Waals surface area contributed by atoms with Gasteiger partial charge in [-0.25, -0.2) is 0 Å². The van der Waals surface area contributed by atoms with Crippen LogP contribution in [-0.4, -0.2) is 23.8 Å². The summed E-state index contributed by atoms with van der Waals surface area (Å²) in [5.41, 5.74) is 1.70. The van der Waals surface area contributed by atoms with Crippen molar-refractivity contribution in [1.82, 2.24) is 0 Å². The maximum absolute atomic E-state index is 11.3. The Balaban J connectivity index is 2.20. The summed E-state index contributed by atoms with van der Waals surface area (Å²) in [6.45, 7) is 4.87. The number of carbonyl (C=O) groups is 1. The molecule has 0 radical (unpaired) electrons. The Labute approximate surface area is 112 Å². The monoisotopic (exact) mass is 262 g/mol. The van der Waals surface area contributed by atoms with E-state index in [0.29, 0.717) is 18.8 Å². The van der Waals surface area contributed by atoms with Gasteiger partial charge in [-0.1, -0.05) is 6.07 Å². The molecule has 2 rings (SSSR count). The summed E-state index contributed by atoms with van der Waals surface area (Å²) in [5, 5.41) is 11.1. The zero-order chi connectivity index (χ0) is 14.0. The van der Waals surface area contributed by atoms with Crippen LogP contribution in [0.4, 0.5) is 11.4 Å². The smallest absolute Gasteiger partial charge is 0.292 e. The summed E-state index contributed by atoms with van der Waals surface area (Å²) >= 11 is 0. The number of hydrogen-bond acceptors (Lipinski definition) is 4. The van der Waals surface area contributed by atoms with Gasteiger partial charge in [0.2, 0.25) is 0 Å². The molecule has 1 saturated heterocycles. The first-order valence-corrected chi connectivity index (χ1v) is 6.49. The average molecular weight is 262 g/mol. The van der Waals surface area contributed by atoms with Crippen LogP contribution in [0.1, 0.15) is 25.3 Å². The molecule has 1 fully saturated rings. The third-order valence-electron chi connectivity index (χ3n) is 3.74. The summed E-state index contributed by atoms with van der Waals surface area (Å²) in [6, 6.07) is 5.30. The summed E-state index contributed by atoms with van der Waals surface area (Å²) in [7, 11) is 0. The molecule has 1 aromatic rings. The number of nitrogens with zero attached hydrogens (tertiary/aromatic N) is 2. The average Bonchev–Trinajstić information content (AvgIpc) is 2.38. The van der Waals surface area contributed by atoms with Gasteiger partial charge in [0.25, 0.3) is 5.69 Å². The lowest BCUT2D eigenvalue weighted by molar-refractivity contribution is -0.384. The normalized spacial score (nSPS) is 16.4. The lowest BCUT2D eigenvalue weighted by atomic mass is 9.93. The Bertz CT molecular complexity index is 505. The van der Waals surface area contributed by atoms with E-state index in [1.807, 2.05) is 24.0 Å². The molecule has 0 unspecified atom stereocenters. The maximum atomic E-state index is 11.3. The van der Waals surface area contributed by atoms with E-state index in [4.69, 9.17) is 0 Å². The second-order valence-electron chi connectivity index (χ2n) is 5.12. The van der Waals surface area contributed by atoms with E-state index in [1.165, 1.54) is 0 Å². The lowest BCUT2D eigenvalue weighted by Gasteiger charge is -2.32. The number of benzene rings is 1. The largest absolute Gasteiger partial charge is 0.366 e. The van der Waals surface area contributed by atoms with Gasteiger partial charge in [-0.2, -0.15) is 0 Å². The fourth-order valence-electron chi connectivity index (χ4n) is 2.57. The minimum absolute atomic E-state index is 0.112. The number of Topliss-reactive ketones (excluding diaryl/α,β-unsaturated/α-hetero) is 1. The molecule has 102 valence electrons. The highest BCUT2D eigenvalue weighted by Gasteiger charge is 2.26. The highest BCUT2D eigenvalue weighted by molar-refractivity contribution is 5.78. The van der Waals surface area contributed by atoms with Gasteiger partial charge in [-0.05, 0) is 38.3 Å². The first-order chi connectivity index (χ1) is 8.99. The molecule has 1 aliphatic heterocycles. The highest BCUT2D eigenvalue weighted by Crippen LogP contribution is 2.32. The van der Waals surface area contributed by atoms with Gasteiger partial charge in [0.1, 0.15) is 11.5 Å². The zero-order valence-corrected chi connectivity index (χ0v) is 11.3. The molecule has 5 nitrogen and oxygen atoms in total. The Morgan fingerprint density at radius 2 is 2.00 bits per heavy atom. The zero-order valence-electron chi connectivity index (χ0n) is 11.3. The number of carbonyl (C=O) groups excluding carboxylic acids is 1. The van der Waals surface area contributed by atoms with Crippen LogP contribution < -0.4 is 4.90 Å². The first kappa shape index (κ1) is 13.5. The standard InChI is InChI=1S/C14H18N2O3/c1-10-3-4-13(14(9-10)16(18)19)15-7-5-12(6-8-15)11(2)17/h3-4,9,12H,5-8H2,1-2H3. The molecule has 0 atom stereocenters. The van der Waals surface area contributed by atoms with E-state index in [9.17, 15) is 14.9 Å². The van der Waals surface area contributed by atoms with Gasteiger partial charge in [-0.15, -0.1) is 0 Å². The second kappa shape index (κ2) is 5.38. The van der Waals surface area contributed by atoms with Crippen molar-refractivity contribution in [3.8, 4) is 0 Å². The minimum Gasteiger partial charge on any atom is -0.366 e. The van der Waals surface area contributed by atoms with Gasteiger partial charge >= 0.3 is 0 Å². The highest BCUT2D eigenvalue weighted by atomic mass is 16.6. The second-order valence-corrected chi connectivity index (χ2v) is 5.12. The van der Waals surface area contributed by atoms with Crippen LogP contribution in [-0.2, 0) is 4.79 Å². The molecule has 0 amide bonds. The molecule has 0 bridgehead atoms.